The van der Waals surface area contributed by atoms with Gasteiger partial charge in [0.1, 0.15) is 0 Å². The average molecular weight is 737 g/mol. The third kappa shape index (κ3) is 13.8. The second-order valence-corrected chi connectivity index (χ2v) is 13.5. The topological polar surface area (TPSA) is 129 Å². The van der Waals surface area contributed by atoms with Crippen molar-refractivity contribution in [1.29, 1.82) is 0 Å². The van der Waals surface area contributed by atoms with Gasteiger partial charge in [0.15, 0.2) is 0 Å². The fourth-order valence-corrected chi connectivity index (χ4v) is 7.51. The van der Waals surface area contributed by atoms with E-state index in [1.165, 1.54) is 17.5 Å². The Morgan fingerprint density at radius 2 is 1.06 bits per heavy atom. The van der Waals surface area contributed by atoms with Crippen LogP contribution in [0.2, 0.25) is 0 Å². The van der Waals surface area contributed by atoms with Crippen LogP contribution in [-0.2, 0) is 54.9 Å². The summed E-state index contributed by atoms with van der Waals surface area (Å²) in [4.78, 5) is 0. The van der Waals surface area contributed by atoms with Crippen molar-refractivity contribution in [3.63, 3.8) is 0 Å². The van der Waals surface area contributed by atoms with E-state index in [4.69, 9.17) is 28.0 Å². The Balaban J connectivity index is 0.00000240. The van der Waals surface area contributed by atoms with Gasteiger partial charge >= 0.3 is 318 Å². The zero-order chi connectivity index (χ0) is 39.6. The van der Waals surface area contributed by atoms with E-state index in [1.54, 1.807) is 0 Å². The van der Waals surface area contributed by atoms with Crippen molar-refractivity contribution in [2.24, 2.45) is 11.8 Å². The fraction of sp³-hybridized carbons (Fsp3) is 0.318. The molecule has 1 fully saturated rings. The summed E-state index contributed by atoms with van der Waals surface area (Å²) < 4.78 is 45.4. The van der Waals surface area contributed by atoms with E-state index in [0.29, 0.717) is 24.7 Å². The quantitative estimate of drug-likeness (QED) is 0.122. The average Bonchev–Trinajstić information content (AvgIpc) is 3.22. The molecule has 0 unspecified atom stereocenters. The molecule has 0 amide bonds. The molecule has 268 valence electrons. The van der Waals surface area contributed by atoms with Crippen LogP contribution in [0.15, 0.2) is 121 Å². The minimum atomic E-state index is -1.14. The van der Waals surface area contributed by atoms with Crippen LogP contribution in [0.25, 0.3) is 0 Å². The van der Waals surface area contributed by atoms with Gasteiger partial charge in [-0.25, -0.2) is 0 Å². The van der Waals surface area contributed by atoms with Gasteiger partial charge in [-0.15, -0.1) is 0 Å². The molecule has 0 aliphatic heterocycles. The molecular weight excluding hydrogens is 692 g/mol. The standard InChI is InChI=1S/C39H44O2.5CO.Cr/c1-30-24-25-36(38(2,3)33-18-10-5-11-19-33)37(28-30)41-27-26-32(31-16-8-4-9-17-31)29-39(40,34-20-12-6-13-21-34)35-22-14-7-15-23-35;5*1-2;/h4-23,30,32,36-37,40H,24-26,28-29H2,1-3H3;;;;;;/t30-,32-,36-,37-;;;;;;/m1....../s1. The zero-order valence-corrected chi connectivity index (χ0v) is 31.0. The first-order chi connectivity index (χ1) is 25.3. The predicted molar refractivity (Wildman–Crippen MR) is 190 cm³/mol. The molecule has 4 aromatic rings. The Bertz CT molecular complexity index is 1570. The van der Waals surface area contributed by atoms with Crippen LogP contribution in [0.1, 0.15) is 81.0 Å². The van der Waals surface area contributed by atoms with E-state index in [1.807, 2.05) is 60.7 Å². The second-order valence-electron chi connectivity index (χ2n) is 12.7. The molecule has 0 bridgehead atoms. The van der Waals surface area contributed by atoms with Crippen molar-refractivity contribution in [2.45, 2.75) is 75.9 Å². The van der Waals surface area contributed by atoms with Crippen molar-refractivity contribution in [3.05, 3.63) is 177 Å². The zero-order valence-electron chi connectivity index (χ0n) is 29.7. The molecule has 0 spiro atoms. The van der Waals surface area contributed by atoms with Gasteiger partial charge in [0.25, 0.3) is 0 Å². The molecule has 4 aromatic carbocycles. The maximum atomic E-state index is 12.5. The molecule has 8 heteroatoms. The Morgan fingerprint density at radius 1 is 0.673 bits per heavy atom. The fourth-order valence-electron chi connectivity index (χ4n) is 7.00. The van der Waals surface area contributed by atoms with Crippen molar-refractivity contribution in [1.82, 2.24) is 0 Å². The van der Waals surface area contributed by atoms with Crippen LogP contribution in [0.4, 0.5) is 0 Å². The molecule has 52 heavy (non-hydrogen) atoms. The van der Waals surface area contributed by atoms with Gasteiger partial charge in [0, 0.05) is 0 Å². The van der Waals surface area contributed by atoms with Crippen molar-refractivity contribution < 1.29 is 49.0 Å². The summed E-state index contributed by atoms with van der Waals surface area (Å²) in [5, 5.41) is 12.5. The van der Waals surface area contributed by atoms with E-state index in [-0.39, 0.29) is 17.4 Å². The molecule has 4 atom stereocenters. The van der Waals surface area contributed by atoms with Gasteiger partial charge in [0.05, 0.1) is 0 Å². The molecule has 1 saturated carbocycles. The van der Waals surface area contributed by atoms with Crippen LogP contribution in [-0.4, -0.2) is 15.8 Å². The summed E-state index contributed by atoms with van der Waals surface area (Å²) in [6.07, 6.45) is 4.83. The van der Waals surface area contributed by atoms with Gasteiger partial charge in [-0.3, -0.25) is 0 Å². The number of aliphatic hydroxyl groups is 1. The molecular formula is C44H44CrO7. The van der Waals surface area contributed by atoms with Crippen LogP contribution in [0, 0.1) is 45.1 Å². The molecule has 1 N–H and O–H groups in total. The van der Waals surface area contributed by atoms with Crippen molar-refractivity contribution in [2.75, 3.05) is 0 Å². The Kier molecular flexibility index (Phi) is 24.5. The number of hydrogen-bond acceptors (Lipinski definition) is 2. The number of ether oxygens (including phenoxy) is 1. The van der Waals surface area contributed by atoms with Crippen molar-refractivity contribution >= 4 is 4.57 Å². The molecule has 0 aromatic heterocycles. The predicted octanol–water partition coefficient (Wildman–Crippen LogP) is 8.77. The monoisotopic (exact) mass is 736 g/mol. The van der Waals surface area contributed by atoms with E-state index < -0.39 is 5.60 Å². The van der Waals surface area contributed by atoms with E-state index in [2.05, 4.69) is 131 Å². The Morgan fingerprint density at radius 3 is 1.48 bits per heavy atom. The van der Waals surface area contributed by atoms with E-state index in [0.717, 1.165) is 28.5 Å². The SMILES string of the molecule is C[C@@H]1CC[C@@H](C(C)(C)c2ccccc2)[C@H](O[C](=[Cr])C[C@H](CC(O)(c2ccccc2)c2ccccc2)c2ccccc2)C1.[C-]#[O+].[C-]#[O+].[C-]#[O+].[C-]#[O+].[C-]#[O+]. The normalized spacial score (nSPS) is 16.5. The second kappa shape index (κ2) is 26.6. The third-order valence-electron chi connectivity index (χ3n) is 9.51. The third-order valence-corrected chi connectivity index (χ3v) is 9.92. The van der Waals surface area contributed by atoms with Crippen LogP contribution in [0.5, 0.6) is 0 Å². The van der Waals surface area contributed by atoms with Crippen molar-refractivity contribution in [3.8, 4) is 0 Å². The van der Waals surface area contributed by atoms with Crippen LogP contribution < -0.4 is 0 Å². The number of hydrogen-bond donors (Lipinski definition) is 1. The summed E-state index contributed by atoms with van der Waals surface area (Å²) >= 11 is 3.33. The van der Waals surface area contributed by atoms with Gasteiger partial charge in [-0.2, -0.15) is 0 Å². The summed E-state index contributed by atoms with van der Waals surface area (Å²) in [7, 11) is 0. The molecule has 0 radical (unpaired) electrons. The maximum absolute atomic E-state index is 12.5. The minimum absolute atomic E-state index is 0.00600. The first-order valence-corrected chi connectivity index (χ1v) is 17.1. The Hall–Kier alpha value is -4.10. The van der Waals surface area contributed by atoms with Gasteiger partial charge in [-0.05, 0) is 0 Å². The van der Waals surface area contributed by atoms with Gasteiger partial charge in [-0.1, -0.05) is 0 Å². The summed E-state index contributed by atoms with van der Waals surface area (Å²) in [5.41, 5.74) is 3.26. The molecule has 1 aliphatic carbocycles. The molecule has 5 rings (SSSR count). The molecule has 0 heterocycles. The van der Waals surface area contributed by atoms with Gasteiger partial charge in [0.2, 0.25) is 0 Å². The van der Waals surface area contributed by atoms with Crippen LogP contribution in [0.3, 0.4) is 0 Å². The van der Waals surface area contributed by atoms with E-state index >= 15 is 0 Å². The molecule has 1 aliphatic rings. The number of benzene rings is 4. The summed E-state index contributed by atoms with van der Waals surface area (Å²) in [6.45, 7) is 29.6. The summed E-state index contributed by atoms with van der Waals surface area (Å²) in [6, 6.07) is 41.7. The van der Waals surface area contributed by atoms with Gasteiger partial charge < -0.3 is 0 Å². The van der Waals surface area contributed by atoms with E-state index in [9.17, 15) is 5.11 Å². The number of rotatable bonds is 11. The summed E-state index contributed by atoms with van der Waals surface area (Å²) in [5.74, 6) is 1.10. The first kappa shape index (κ1) is 47.9. The first-order valence-electron chi connectivity index (χ1n) is 16.4. The molecule has 7 nitrogen and oxygen atoms in total. The van der Waals surface area contributed by atoms with Crippen LogP contribution >= 0.6 is 0 Å². The molecule has 0 saturated heterocycles. The Labute approximate surface area is 317 Å².